The van der Waals surface area contributed by atoms with E-state index < -0.39 is 26.6 Å². The first-order chi connectivity index (χ1) is 11.8. The number of nitrogens with one attached hydrogen (secondary N) is 1. The predicted molar refractivity (Wildman–Crippen MR) is 89.9 cm³/mol. The lowest BCUT2D eigenvalue weighted by Crippen LogP contribution is -2.15. The van der Waals surface area contributed by atoms with Gasteiger partial charge in [0.25, 0.3) is 10.0 Å². The zero-order valence-corrected chi connectivity index (χ0v) is 14.2. The predicted octanol–water partition coefficient (Wildman–Crippen LogP) is 3.66. The minimum absolute atomic E-state index is 0.00220. The molecule has 0 atom stereocenters. The Morgan fingerprint density at radius 1 is 1.08 bits per heavy atom. The summed E-state index contributed by atoms with van der Waals surface area (Å²) < 4.78 is 54.9. The average Bonchev–Trinajstić information content (AvgIpc) is 2.98. The van der Waals surface area contributed by atoms with Crippen molar-refractivity contribution in [2.75, 3.05) is 4.72 Å². The van der Waals surface area contributed by atoms with E-state index in [1.54, 1.807) is 18.3 Å². The molecule has 0 amide bonds. The van der Waals surface area contributed by atoms with E-state index in [-0.39, 0.29) is 5.82 Å². The topological polar surface area (TPSA) is 64.0 Å². The second-order valence-corrected chi connectivity index (χ2v) is 7.29. The van der Waals surface area contributed by atoms with Crippen molar-refractivity contribution in [3.63, 3.8) is 0 Å². The van der Waals surface area contributed by atoms with Gasteiger partial charge in [-0.1, -0.05) is 23.7 Å². The molecule has 5 nitrogen and oxygen atoms in total. The molecule has 1 aromatic heterocycles. The molecule has 0 aliphatic heterocycles. The molecule has 9 heteroatoms. The molecule has 130 valence electrons. The van der Waals surface area contributed by atoms with Gasteiger partial charge in [0, 0.05) is 17.3 Å². The van der Waals surface area contributed by atoms with E-state index in [1.165, 1.54) is 10.7 Å². The summed E-state index contributed by atoms with van der Waals surface area (Å²) in [7, 11) is -4.29. The summed E-state index contributed by atoms with van der Waals surface area (Å²) in [6.07, 6.45) is 1.56. The van der Waals surface area contributed by atoms with Gasteiger partial charge in [0.05, 0.1) is 6.54 Å². The van der Waals surface area contributed by atoms with Crippen LogP contribution in [-0.2, 0) is 16.6 Å². The third-order valence-electron chi connectivity index (χ3n) is 3.32. The molecule has 1 N–H and O–H groups in total. The molecule has 0 saturated heterocycles. The van der Waals surface area contributed by atoms with Crippen molar-refractivity contribution in [2.45, 2.75) is 11.4 Å². The molecule has 0 aliphatic carbocycles. The van der Waals surface area contributed by atoms with Crippen LogP contribution in [0.3, 0.4) is 0 Å². The molecule has 2 aromatic carbocycles. The Balaban J connectivity index is 1.78. The van der Waals surface area contributed by atoms with E-state index in [9.17, 15) is 17.2 Å². The fourth-order valence-corrected chi connectivity index (χ4v) is 3.37. The highest BCUT2D eigenvalue weighted by Gasteiger charge is 2.21. The molecular weight excluding hydrogens is 372 g/mol. The smallest absolute Gasteiger partial charge is 0.266 e. The molecule has 0 fully saturated rings. The maximum atomic E-state index is 13.7. The Morgan fingerprint density at radius 3 is 2.52 bits per heavy atom. The van der Waals surface area contributed by atoms with E-state index >= 15 is 0 Å². The van der Waals surface area contributed by atoms with Crippen LogP contribution in [0.25, 0.3) is 0 Å². The van der Waals surface area contributed by atoms with Crippen molar-refractivity contribution >= 4 is 27.4 Å². The number of halogens is 3. The number of sulfonamides is 1. The number of benzene rings is 2. The Kier molecular flexibility index (Phi) is 4.73. The number of anilines is 1. The van der Waals surface area contributed by atoms with Gasteiger partial charge in [0.1, 0.15) is 16.5 Å². The molecule has 0 radical (unpaired) electrons. The third-order valence-corrected chi connectivity index (χ3v) is 4.94. The van der Waals surface area contributed by atoms with Crippen molar-refractivity contribution < 1.29 is 17.2 Å². The summed E-state index contributed by atoms with van der Waals surface area (Å²) >= 11 is 5.82. The monoisotopic (exact) mass is 383 g/mol. The fourth-order valence-electron chi connectivity index (χ4n) is 2.16. The summed E-state index contributed by atoms with van der Waals surface area (Å²) in [5.74, 6) is -1.90. The number of hydrogen-bond donors (Lipinski definition) is 1. The van der Waals surface area contributed by atoms with E-state index in [0.29, 0.717) is 17.6 Å². The minimum Gasteiger partial charge on any atom is -0.266 e. The van der Waals surface area contributed by atoms with E-state index in [2.05, 4.69) is 9.82 Å². The molecule has 25 heavy (non-hydrogen) atoms. The number of rotatable bonds is 5. The summed E-state index contributed by atoms with van der Waals surface area (Å²) in [4.78, 5) is -0.778. The van der Waals surface area contributed by atoms with Crippen LogP contribution in [0.15, 0.2) is 59.6 Å². The van der Waals surface area contributed by atoms with E-state index in [0.717, 1.165) is 17.7 Å². The minimum atomic E-state index is -4.29. The van der Waals surface area contributed by atoms with E-state index in [4.69, 9.17) is 11.6 Å². The summed E-state index contributed by atoms with van der Waals surface area (Å²) in [6, 6.07) is 10.7. The maximum Gasteiger partial charge on any atom is 0.266 e. The quantitative estimate of drug-likeness (QED) is 0.731. The Hall–Kier alpha value is -2.45. The second kappa shape index (κ2) is 6.81. The largest absolute Gasteiger partial charge is 0.266 e. The van der Waals surface area contributed by atoms with Crippen molar-refractivity contribution in [1.29, 1.82) is 0 Å². The fraction of sp³-hybridized carbons (Fsp3) is 0.0625. The van der Waals surface area contributed by atoms with Crippen LogP contribution < -0.4 is 4.72 Å². The molecular formula is C16H12ClF2N3O2S. The second-order valence-electron chi connectivity index (χ2n) is 5.21. The van der Waals surface area contributed by atoms with Crippen molar-refractivity contribution in [2.24, 2.45) is 0 Å². The van der Waals surface area contributed by atoms with Crippen molar-refractivity contribution in [1.82, 2.24) is 9.78 Å². The van der Waals surface area contributed by atoms with Gasteiger partial charge < -0.3 is 0 Å². The van der Waals surface area contributed by atoms with Crippen molar-refractivity contribution in [3.8, 4) is 0 Å². The van der Waals surface area contributed by atoms with Crippen LogP contribution in [-0.4, -0.2) is 18.2 Å². The van der Waals surface area contributed by atoms with Gasteiger partial charge in [0.2, 0.25) is 0 Å². The molecule has 0 bridgehead atoms. The average molecular weight is 384 g/mol. The molecule has 0 saturated carbocycles. The maximum absolute atomic E-state index is 13.7. The lowest BCUT2D eigenvalue weighted by Gasteiger charge is -2.07. The molecule has 0 aliphatic rings. The SMILES string of the molecule is O=S(=O)(Nc1ccn(Cc2ccc(Cl)cc2)n1)c1cc(F)ccc1F. The zero-order chi connectivity index (χ0) is 18.0. The number of hydrogen-bond acceptors (Lipinski definition) is 3. The van der Waals surface area contributed by atoms with Crippen LogP contribution in [0.4, 0.5) is 14.6 Å². The van der Waals surface area contributed by atoms with E-state index in [1.807, 2.05) is 12.1 Å². The van der Waals surface area contributed by atoms with Crippen LogP contribution >= 0.6 is 11.6 Å². The lowest BCUT2D eigenvalue weighted by molar-refractivity contribution is 0.555. The Morgan fingerprint density at radius 2 is 1.80 bits per heavy atom. The summed E-state index contributed by atoms with van der Waals surface area (Å²) in [5, 5.41) is 4.67. The van der Waals surface area contributed by atoms with Gasteiger partial charge in [-0.05, 0) is 35.9 Å². The summed E-state index contributed by atoms with van der Waals surface area (Å²) in [6.45, 7) is 0.396. The van der Waals surface area contributed by atoms with Crippen LogP contribution in [0.2, 0.25) is 5.02 Å². The first kappa shape index (κ1) is 17.4. The molecule has 3 rings (SSSR count). The van der Waals surface area contributed by atoms with Crippen molar-refractivity contribution in [3.05, 3.63) is 76.9 Å². The standard InChI is InChI=1S/C16H12ClF2N3O2S/c17-12-3-1-11(2-4-12)10-22-8-7-16(20-22)21-25(23,24)15-9-13(18)5-6-14(15)19/h1-9H,10H2,(H,20,21). The summed E-state index contributed by atoms with van der Waals surface area (Å²) in [5.41, 5.74) is 0.915. The highest BCUT2D eigenvalue weighted by molar-refractivity contribution is 7.92. The third kappa shape index (κ3) is 4.15. The normalized spacial score (nSPS) is 11.5. The van der Waals surface area contributed by atoms with Gasteiger partial charge in [-0.15, -0.1) is 0 Å². The van der Waals surface area contributed by atoms with Crippen LogP contribution in [0, 0.1) is 11.6 Å². The first-order valence-electron chi connectivity index (χ1n) is 7.09. The number of aromatic nitrogens is 2. The molecule has 0 spiro atoms. The highest BCUT2D eigenvalue weighted by Crippen LogP contribution is 2.19. The Labute approximate surface area is 147 Å². The Bertz CT molecular complexity index is 1000. The van der Waals surface area contributed by atoms with Gasteiger partial charge in [-0.25, -0.2) is 17.2 Å². The zero-order valence-electron chi connectivity index (χ0n) is 12.7. The molecule has 3 aromatic rings. The van der Waals surface area contributed by atoms with Crippen LogP contribution in [0.5, 0.6) is 0 Å². The first-order valence-corrected chi connectivity index (χ1v) is 8.95. The molecule has 0 unspecified atom stereocenters. The van der Waals surface area contributed by atoms with Gasteiger partial charge in [-0.2, -0.15) is 5.10 Å². The highest BCUT2D eigenvalue weighted by atomic mass is 35.5. The van der Waals surface area contributed by atoms with Gasteiger partial charge in [0.15, 0.2) is 5.82 Å². The van der Waals surface area contributed by atoms with Gasteiger partial charge >= 0.3 is 0 Å². The molecule has 1 heterocycles. The number of nitrogens with zero attached hydrogens (tertiary/aromatic N) is 2. The lowest BCUT2D eigenvalue weighted by atomic mass is 10.2. The van der Waals surface area contributed by atoms with Gasteiger partial charge in [-0.3, -0.25) is 9.40 Å². The van der Waals surface area contributed by atoms with Crippen LogP contribution in [0.1, 0.15) is 5.56 Å².